The zero-order chi connectivity index (χ0) is 20.1. The van der Waals surface area contributed by atoms with Gasteiger partial charge in [-0.2, -0.15) is 0 Å². The zero-order valence-corrected chi connectivity index (χ0v) is 17.8. The lowest BCUT2D eigenvalue weighted by molar-refractivity contribution is -0.130. The summed E-state index contributed by atoms with van der Waals surface area (Å²) in [6.45, 7) is 8.20. The van der Waals surface area contributed by atoms with Gasteiger partial charge in [-0.15, -0.1) is 10.2 Å². The molecule has 29 heavy (non-hydrogen) atoms. The van der Waals surface area contributed by atoms with E-state index in [1.165, 1.54) is 24.6 Å². The van der Waals surface area contributed by atoms with E-state index in [9.17, 15) is 4.79 Å². The number of thioether (sulfide) groups is 1. The third kappa shape index (κ3) is 4.99. The van der Waals surface area contributed by atoms with Crippen LogP contribution in [-0.2, 0) is 16.1 Å². The van der Waals surface area contributed by atoms with E-state index >= 15 is 0 Å². The summed E-state index contributed by atoms with van der Waals surface area (Å²) >= 11 is 1.48. The summed E-state index contributed by atoms with van der Waals surface area (Å²) < 4.78 is 7.81. The van der Waals surface area contributed by atoms with Crippen molar-refractivity contribution in [3.63, 3.8) is 0 Å². The first-order chi connectivity index (χ1) is 14.2. The highest BCUT2D eigenvalue weighted by Gasteiger charge is 2.25. The molecule has 2 aliphatic heterocycles. The highest BCUT2D eigenvalue weighted by molar-refractivity contribution is 7.99. The minimum absolute atomic E-state index is 0.179. The van der Waals surface area contributed by atoms with Crippen molar-refractivity contribution in [1.29, 1.82) is 0 Å². The molecule has 1 unspecified atom stereocenters. The van der Waals surface area contributed by atoms with Crippen molar-refractivity contribution < 1.29 is 9.53 Å². The normalized spacial score (nSPS) is 20.3. The molecule has 0 N–H and O–H groups in total. The number of carbonyl (C=O) groups excluding carboxylic acids is 1. The van der Waals surface area contributed by atoms with Crippen LogP contribution in [0, 0.1) is 0 Å². The van der Waals surface area contributed by atoms with Crippen LogP contribution in [-0.4, -0.2) is 81.7 Å². The lowest BCUT2D eigenvalue weighted by atomic mass is 10.2. The van der Waals surface area contributed by atoms with Gasteiger partial charge in [0.05, 0.1) is 11.9 Å². The van der Waals surface area contributed by atoms with E-state index in [1.807, 2.05) is 35.2 Å². The van der Waals surface area contributed by atoms with Crippen LogP contribution in [0.15, 0.2) is 35.5 Å². The smallest absolute Gasteiger partial charge is 0.233 e. The molecule has 0 spiro atoms. The molecule has 0 aliphatic carbocycles. The summed E-state index contributed by atoms with van der Waals surface area (Å²) in [7, 11) is 0. The Morgan fingerprint density at radius 3 is 2.66 bits per heavy atom. The first-order valence-electron chi connectivity index (χ1n) is 10.5. The van der Waals surface area contributed by atoms with E-state index < -0.39 is 0 Å². The minimum atomic E-state index is 0.179. The molecule has 1 aromatic carbocycles. The van der Waals surface area contributed by atoms with Crippen molar-refractivity contribution in [2.75, 3.05) is 45.1 Å². The van der Waals surface area contributed by atoms with Gasteiger partial charge in [-0.25, -0.2) is 0 Å². The molecule has 2 saturated heterocycles. The maximum Gasteiger partial charge on any atom is 0.233 e. The molecule has 1 aromatic heterocycles. The summed E-state index contributed by atoms with van der Waals surface area (Å²) in [5.74, 6) is 1.43. The maximum atomic E-state index is 12.7. The number of benzene rings is 1. The number of ether oxygens (including phenoxy) is 1. The summed E-state index contributed by atoms with van der Waals surface area (Å²) in [5, 5.41) is 9.49. The van der Waals surface area contributed by atoms with Gasteiger partial charge in [0, 0.05) is 51.4 Å². The summed E-state index contributed by atoms with van der Waals surface area (Å²) in [5.41, 5.74) is 1.04. The third-order valence-corrected chi connectivity index (χ3v) is 6.55. The van der Waals surface area contributed by atoms with Crippen molar-refractivity contribution in [2.45, 2.75) is 37.6 Å². The SMILES string of the molecule is CCn1c(SCC(=O)N2CCN(CC3CCCO3)CC2)nnc1-c1ccccc1. The average Bonchev–Trinajstić information content (AvgIpc) is 3.42. The number of aromatic nitrogens is 3. The Morgan fingerprint density at radius 2 is 1.97 bits per heavy atom. The second kappa shape index (κ2) is 9.73. The number of hydrogen-bond acceptors (Lipinski definition) is 6. The molecule has 156 valence electrons. The fourth-order valence-corrected chi connectivity index (χ4v) is 4.86. The molecule has 8 heteroatoms. The Balaban J connectivity index is 1.28. The quantitative estimate of drug-likeness (QED) is 0.647. The van der Waals surface area contributed by atoms with Crippen molar-refractivity contribution in [2.24, 2.45) is 0 Å². The minimum Gasteiger partial charge on any atom is -0.377 e. The molecule has 4 rings (SSSR count). The van der Waals surface area contributed by atoms with Crippen LogP contribution >= 0.6 is 11.8 Å². The molecular weight excluding hydrogens is 386 g/mol. The molecule has 2 aliphatic rings. The van der Waals surface area contributed by atoms with Gasteiger partial charge in [0.15, 0.2) is 11.0 Å². The summed E-state index contributed by atoms with van der Waals surface area (Å²) in [4.78, 5) is 17.1. The van der Waals surface area contributed by atoms with Crippen LogP contribution in [0.2, 0.25) is 0 Å². The molecule has 2 fully saturated rings. The van der Waals surface area contributed by atoms with Gasteiger partial charge in [-0.3, -0.25) is 9.69 Å². The van der Waals surface area contributed by atoms with Gasteiger partial charge in [-0.05, 0) is 19.8 Å². The van der Waals surface area contributed by atoms with Crippen molar-refractivity contribution in [3.05, 3.63) is 30.3 Å². The third-order valence-electron chi connectivity index (χ3n) is 5.60. The van der Waals surface area contributed by atoms with E-state index in [0.29, 0.717) is 11.9 Å². The second-order valence-corrected chi connectivity index (χ2v) is 8.46. The van der Waals surface area contributed by atoms with Crippen LogP contribution in [0.4, 0.5) is 0 Å². The van der Waals surface area contributed by atoms with Crippen molar-refractivity contribution in [1.82, 2.24) is 24.6 Å². The Kier molecular flexibility index (Phi) is 6.84. The molecular formula is C21H29N5O2S. The first-order valence-corrected chi connectivity index (χ1v) is 11.5. The van der Waals surface area contributed by atoms with Gasteiger partial charge in [0.2, 0.25) is 5.91 Å². The molecule has 2 aromatic rings. The predicted molar refractivity (Wildman–Crippen MR) is 114 cm³/mol. The summed E-state index contributed by atoms with van der Waals surface area (Å²) in [6.07, 6.45) is 2.72. The van der Waals surface area contributed by atoms with Crippen LogP contribution < -0.4 is 0 Å². The number of piperazine rings is 1. The number of amides is 1. The molecule has 0 radical (unpaired) electrons. The first kappa shape index (κ1) is 20.4. The van der Waals surface area contributed by atoms with Crippen molar-refractivity contribution >= 4 is 17.7 Å². The van der Waals surface area contributed by atoms with E-state index in [0.717, 1.165) is 62.4 Å². The van der Waals surface area contributed by atoms with E-state index in [4.69, 9.17) is 4.74 Å². The van der Waals surface area contributed by atoms with Crippen LogP contribution in [0.1, 0.15) is 19.8 Å². The molecule has 1 atom stereocenters. The summed E-state index contributed by atoms with van der Waals surface area (Å²) in [6, 6.07) is 10.1. The fourth-order valence-electron chi connectivity index (χ4n) is 3.96. The molecule has 0 saturated carbocycles. The topological polar surface area (TPSA) is 63.5 Å². The Hall–Kier alpha value is -1.90. The average molecular weight is 416 g/mol. The number of nitrogens with zero attached hydrogens (tertiary/aromatic N) is 5. The van der Waals surface area contributed by atoms with Crippen molar-refractivity contribution in [3.8, 4) is 11.4 Å². The predicted octanol–water partition coefficient (Wildman–Crippen LogP) is 2.38. The number of rotatable bonds is 7. The van der Waals surface area contributed by atoms with Gasteiger partial charge in [-0.1, -0.05) is 42.1 Å². The Bertz CT molecular complexity index is 799. The van der Waals surface area contributed by atoms with Gasteiger partial charge in [0.1, 0.15) is 0 Å². The highest BCUT2D eigenvalue weighted by atomic mass is 32.2. The van der Waals surface area contributed by atoms with E-state index in [2.05, 4.69) is 26.6 Å². The van der Waals surface area contributed by atoms with Crippen LogP contribution in [0.25, 0.3) is 11.4 Å². The fraction of sp³-hybridized carbons (Fsp3) is 0.571. The van der Waals surface area contributed by atoms with E-state index in [1.54, 1.807) is 0 Å². The molecule has 7 nitrogen and oxygen atoms in total. The van der Waals surface area contributed by atoms with Gasteiger partial charge < -0.3 is 14.2 Å². The number of carbonyl (C=O) groups is 1. The molecule has 0 bridgehead atoms. The Morgan fingerprint density at radius 1 is 1.17 bits per heavy atom. The van der Waals surface area contributed by atoms with Crippen LogP contribution in [0.3, 0.4) is 0 Å². The lowest BCUT2D eigenvalue weighted by Gasteiger charge is -2.35. The lowest BCUT2D eigenvalue weighted by Crippen LogP contribution is -2.50. The standard InChI is InChI=1S/C21H29N5O2S/c1-2-26-20(17-7-4-3-5-8-17)22-23-21(26)29-16-19(27)25-12-10-24(11-13-25)15-18-9-6-14-28-18/h3-5,7-8,18H,2,6,9-16H2,1H3. The maximum absolute atomic E-state index is 12.7. The number of hydrogen-bond donors (Lipinski definition) is 0. The monoisotopic (exact) mass is 415 g/mol. The molecule has 3 heterocycles. The van der Waals surface area contributed by atoms with Crippen LogP contribution in [0.5, 0.6) is 0 Å². The Labute approximate surface area is 176 Å². The molecule has 1 amide bonds. The van der Waals surface area contributed by atoms with Gasteiger partial charge in [0.25, 0.3) is 0 Å². The van der Waals surface area contributed by atoms with E-state index in [-0.39, 0.29) is 5.91 Å². The zero-order valence-electron chi connectivity index (χ0n) is 17.0. The van der Waals surface area contributed by atoms with Gasteiger partial charge >= 0.3 is 0 Å². The largest absolute Gasteiger partial charge is 0.377 e. The highest BCUT2D eigenvalue weighted by Crippen LogP contribution is 2.24. The second-order valence-electron chi connectivity index (χ2n) is 7.52.